The molecule has 1 heterocycles. The molecule has 1 aromatic heterocycles. The van der Waals surface area contributed by atoms with E-state index < -0.39 is 11.4 Å². The molecule has 0 aliphatic rings. The quantitative estimate of drug-likeness (QED) is 0.861. The van der Waals surface area contributed by atoms with E-state index in [1.165, 1.54) is 23.5 Å². The molecule has 4 nitrogen and oxygen atoms in total. The number of aliphatic carboxylic acids is 1. The fourth-order valence-electron chi connectivity index (χ4n) is 1.44. The van der Waals surface area contributed by atoms with Crippen LogP contribution >= 0.6 is 27.3 Å². The molecule has 0 atom stereocenters. The average Bonchev–Trinajstić information content (AvgIpc) is 2.83. The number of thiazole rings is 1. The number of rotatable bonds is 4. The predicted molar refractivity (Wildman–Crippen MR) is 80.2 cm³/mol. The molecule has 7 heteroatoms. The Labute approximate surface area is 127 Å². The van der Waals surface area contributed by atoms with Gasteiger partial charge in [-0.3, -0.25) is 4.79 Å². The van der Waals surface area contributed by atoms with Crippen molar-refractivity contribution in [2.75, 3.05) is 5.32 Å². The van der Waals surface area contributed by atoms with Gasteiger partial charge < -0.3 is 10.4 Å². The third-order valence-corrected chi connectivity index (χ3v) is 4.30. The van der Waals surface area contributed by atoms with Gasteiger partial charge in [-0.1, -0.05) is 0 Å². The number of nitrogens with zero attached hydrogens (tertiary/aromatic N) is 1. The van der Waals surface area contributed by atoms with Crippen molar-refractivity contribution in [2.45, 2.75) is 19.3 Å². The van der Waals surface area contributed by atoms with Gasteiger partial charge in [-0.15, -0.1) is 11.3 Å². The number of carbonyl (C=O) groups is 1. The Balaban J connectivity index is 2.26. The molecular weight excluding hydrogens is 347 g/mol. The van der Waals surface area contributed by atoms with Crippen LogP contribution in [0.25, 0.3) is 0 Å². The molecule has 0 saturated heterocycles. The van der Waals surface area contributed by atoms with Crippen LogP contribution in [0.3, 0.4) is 0 Å². The minimum atomic E-state index is -1.06. The van der Waals surface area contributed by atoms with E-state index in [-0.39, 0.29) is 5.82 Å². The Kier molecular flexibility index (Phi) is 4.10. The van der Waals surface area contributed by atoms with E-state index in [9.17, 15) is 9.18 Å². The van der Waals surface area contributed by atoms with Crippen LogP contribution in [0.5, 0.6) is 0 Å². The van der Waals surface area contributed by atoms with Gasteiger partial charge in [0.2, 0.25) is 0 Å². The van der Waals surface area contributed by atoms with E-state index in [0.29, 0.717) is 21.0 Å². The second-order valence-corrected chi connectivity index (χ2v) is 6.43. The lowest BCUT2D eigenvalue weighted by atomic mass is 9.90. The Morgan fingerprint density at radius 1 is 1.50 bits per heavy atom. The summed E-state index contributed by atoms with van der Waals surface area (Å²) in [6.45, 7) is 3.18. The highest BCUT2D eigenvalue weighted by Gasteiger charge is 2.32. The Morgan fingerprint density at radius 3 is 2.85 bits per heavy atom. The van der Waals surface area contributed by atoms with Gasteiger partial charge in [0.25, 0.3) is 0 Å². The van der Waals surface area contributed by atoms with Crippen LogP contribution in [0.1, 0.15) is 19.5 Å². The highest BCUT2D eigenvalue weighted by molar-refractivity contribution is 9.10. The van der Waals surface area contributed by atoms with Crippen molar-refractivity contribution in [1.29, 1.82) is 0 Å². The maximum atomic E-state index is 13.2. The van der Waals surface area contributed by atoms with Gasteiger partial charge in [-0.05, 0) is 48.0 Å². The second kappa shape index (κ2) is 5.49. The van der Waals surface area contributed by atoms with Gasteiger partial charge in [0.15, 0.2) is 5.13 Å². The van der Waals surface area contributed by atoms with Gasteiger partial charge >= 0.3 is 5.97 Å². The predicted octanol–water partition coefficient (Wildman–Crippen LogP) is 4.15. The first-order valence-corrected chi connectivity index (χ1v) is 7.39. The van der Waals surface area contributed by atoms with Crippen molar-refractivity contribution >= 4 is 44.1 Å². The lowest BCUT2D eigenvalue weighted by Gasteiger charge is -2.15. The Hall–Kier alpha value is -1.47. The van der Waals surface area contributed by atoms with Gasteiger partial charge in [0.05, 0.1) is 11.4 Å². The molecule has 0 bridgehead atoms. The number of hydrogen-bond donors (Lipinski definition) is 2. The van der Waals surface area contributed by atoms with Crippen molar-refractivity contribution in [1.82, 2.24) is 4.98 Å². The highest BCUT2D eigenvalue weighted by atomic mass is 79.9. The van der Waals surface area contributed by atoms with Crippen molar-refractivity contribution in [3.8, 4) is 0 Å². The third kappa shape index (κ3) is 2.99. The van der Waals surface area contributed by atoms with Crippen molar-refractivity contribution in [3.05, 3.63) is 39.6 Å². The molecular formula is C13H12BrFN2O2S. The summed E-state index contributed by atoms with van der Waals surface area (Å²) in [7, 11) is 0. The second-order valence-electron chi connectivity index (χ2n) is 4.72. The number of benzene rings is 1. The van der Waals surface area contributed by atoms with E-state index in [1.807, 2.05) is 0 Å². The molecule has 0 radical (unpaired) electrons. The number of carboxylic acids is 1. The summed E-state index contributed by atoms with van der Waals surface area (Å²) in [5.41, 5.74) is -0.0562. The number of anilines is 2. The largest absolute Gasteiger partial charge is 0.481 e. The fraction of sp³-hybridized carbons (Fsp3) is 0.231. The Bertz CT molecular complexity index is 658. The highest BCUT2D eigenvalue weighted by Crippen LogP contribution is 2.31. The first kappa shape index (κ1) is 14.9. The minimum absolute atomic E-state index is 0.363. The summed E-state index contributed by atoms with van der Waals surface area (Å²) < 4.78 is 13.9. The normalized spacial score (nSPS) is 11.4. The van der Waals surface area contributed by atoms with Gasteiger partial charge in [-0.2, -0.15) is 0 Å². The van der Waals surface area contributed by atoms with Crippen molar-refractivity contribution < 1.29 is 14.3 Å². The topological polar surface area (TPSA) is 62.2 Å². The molecule has 0 fully saturated rings. The minimum Gasteiger partial charge on any atom is -0.481 e. The molecule has 0 aliphatic heterocycles. The summed E-state index contributed by atoms with van der Waals surface area (Å²) in [5, 5.41) is 14.3. The summed E-state index contributed by atoms with van der Waals surface area (Å²) >= 11 is 4.59. The summed E-state index contributed by atoms with van der Waals surface area (Å²) in [4.78, 5) is 15.4. The van der Waals surface area contributed by atoms with Gasteiger partial charge in [0.1, 0.15) is 11.2 Å². The van der Waals surface area contributed by atoms with E-state index >= 15 is 0 Å². The average molecular weight is 359 g/mol. The monoisotopic (exact) mass is 358 g/mol. The van der Waals surface area contributed by atoms with Gasteiger partial charge in [0, 0.05) is 9.85 Å². The van der Waals surface area contributed by atoms with Crippen LogP contribution < -0.4 is 5.32 Å². The van der Waals surface area contributed by atoms with E-state index in [4.69, 9.17) is 5.11 Å². The Morgan fingerprint density at radius 2 is 2.20 bits per heavy atom. The first-order chi connectivity index (χ1) is 9.30. The molecule has 0 saturated carbocycles. The van der Waals surface area contributed by atoms with E-state index in [0.717, 1.165) is 0 Å². The van der Waals surface area contributed by atoms with Crippen LogP contribution in [-0.2, 0) is 10.2 Å². The molecule has 0 aliphatic carbocycles. The van der Waals surface area contributed by atoms with Crippen molar-refractivity contribution in [3.63, 3.8) is 0 Å². The van der Waals surface area contributed by atoms with Crippen LogP contribution in [0, 0.1) is 5.82 Å². The van der Waals surface area contributed by atoms with E-state index in [2.05, 4.69) is 26.2 Å². The SMILES string of the molecule is CC(C)(C(=O)O)c1csc(Nc2cc(F)ccc2Br)n1. The zero-order valence-corrected chi connectivity index (χ0v) is 13.2. The fourth-order valence-corrected chi connectivity index (χ4v) is 2.67. The molecule has 1 aromatic carbocycles. The molecule has 2 aromatic rings. The zero-order valence-electron chi connectivity index (χ0n) is 10.8. The third-order valence-electron chi connectivity index (χ3n) is 2.85. The summed E-state index contributed by atoms with van der Waals surface area (Å²) in [6, 6.07) is 4.27. The van der Waals surface area contributed by atoms with Gasteiger partial charge in [-0.25, -0.2) is 9.37 Å². The van der Waals surface area contributed by atoms with Crippen LogP contribution in [-0.4, -0.2) is 16.1 Å². The zero-order chi connectivity index (χ0) is 14.9. The maximum Gasteiger partial charge on any atom is 0.315 e. The lowest BCUT2D eigenvalue weighted by molar-refractivity contribution is -0.142. The van der Waals surface area contributed by atoms with Crippen molar-refractivity contribution in [2.24, 2.45) is 0 Å². The molecule has 2 rings (SSSR count). The number of nitrogens with one attached hydrogen (secondary N) is 1. The molecule has 106 valence electrons. The smallest absolute Gasteiger partial charge is 0.315 e. The number of halogens is 2. The number of aromatic nitrogens is 1. The summed E-state index contributed by atoms with van der Waals surface area (Å²) in [6.07, 6.45) is 0. The standard InChI is InChI=1S/C13H12BrFN2O2S/c1-13(2,11(18)19)10-6-20-12(17-10)16-9-5-7(15)3-4-8(9)14/h3-6H,1-2H3,(H,16,17)(H,18,19). The lowest BCUT2D eigenvalue weighted by Crippen LogP contribution is -2.28. The molecule has 0 unspecified atom stereocenters. The molecule has 20 heavy (non-hydrogen) atoms. The molecule has 0 amide bonds. The van der Waals surface area contributed by atoms with Crippen LogP contribution in [0.2, 0.25) is 0 Å². The summed E-state index contributed by atoms with van der Waals surface area (Å²) in [5.74, 6) is -1.31. The van der Waals surface area contributed by atoms with Crippen LogP contribution in [0.4, 0.5) is 15.2 Å². The number of carboxylic acid groups (broad SMARTS) is 1. The number of hydrogen-bond acceptors (Lipinski definition) is 4. The molecule has 2 N–H and O–H groups in total. The maximum absolute atomic E-state index is 13.2. The van der Waals surface area contributed by atoms with E-state index in [1.54, 1.807) is 25.3 Å². The first-order valence-electron chi connectivity index (χ1n) is 5.72. The molecule has 0 spiro atoms. The van der Waals surface area contributed by atoms with Crippen LogP contribution in [0.15, 0.2) is 28.1 Å².